The second kappa shape index (κ2) is 8.79. The molecule has 0 rings (SSSR count). The van der Waals surface area contributed by atoms with E-state index in [0.29, 0.717) is 12.8 Å². The number of ether oxygens (including phenoxy) is 2. The molecule has 0 saturated heterocycles. The number of unbranched alkanes of at least 4 members (excludes halogenated alkanes) is 1. The van der Waals surface area contributed by atoms with Crippen molar-refractivity contribution in [2.75, 3.05) is 13.2 Å². The van der Waals surface area contributed by atoms with Gasteiger partial charge in [-0.1, -0.05) is 13.8 Å². The number of hydrogen-bond acceptors (Lipinski definition) is 5. The second-order valence-electron chi connectivity index (χ2n) is 5.97. The third-order valence-corrected chi connectivity index (χ3v) is 2.39. The predicted octanol–water partition coefficient (Wildman–Crippen LogP) is 1.85. The molecular weight excluding hydrogens is 262 g/mol. The molecule has 2 N–H and O–H groups in total. The van der Waals surface area contributed by atoms with Crippen LogP contribution in [-0.4, -0.2) is 42.0 Å². The van der Waals surface area contributed by atoms with Crippen molar-refractivity contribution in [2.24, 2.45) is 5.92 Å². The van der Waals surface area contributed by atoms with E-state index in [9.17, 15) is 9.59 Å². The molecule has 0 aliphatic carbocycles. The monoisotopic (exact) mass is 289 g/mol. The summed E-state index contributed by atoms with van der Waals surface area (Å²) in [6.45, 7) is 9.20. The average Bonchev–Trinajstić information content (AvgIpc) is 2.28. The molecule has 0 radical (unpaired) electrons. The summed E-state index contributed by atoms with van der Waals surface area (Å²) in [4.78, 5) is 23.6. The highest BCUT2D eigenvalue weighted by Gasteiger charge is 2.27. The number of alkyl carbamates (subject to hydrolysis) is 1. The minimum absolute atomic E-state index is 0.0708. The Morgan fingerprint density at radius 1 is 1.20 bits per heavy atom. The molecule has 0 aliphatic rings. The van der Waals surface area contributed by atoms with Crippen LogP contribution < -0.4 is 5.32 Å². The molecule has 0 bridgehead atoms. The van der Waals surface area contributed by atoms with E-state index >= 15 is 0 Å². The molecule has 1 unspecified atom stereocenters. The Hall–Kier alpha value is -1.30. The summed E-state index contributed by atoms with van der Waals surface area (Å²) < 4.78 is 10.2. The van der Waals surface area contributed by atoms with Gasteiger partial charge in [0.2, 0.25) is 0 Å². The van der Waals surface area contributed by atoms with Gasteiger partial charge in [0.05, 0.1) is 6.61 Å². The SMILES string of the molecule is CC(C)C(NC(=O)OC(C)(C)C)C(=O)OCCCCO. The number of rotatable bonds is 7. The van der Waals surface area contributed by atoms with Gasteiger partial charge < -0.3 is 19.9 Å². The lowest BCUT2D eigenvalue weighted by Gasteiger charge is -2.24. The standard InChI is InChI=1S/C14H27NO5/c1-10(2)11(12(17)19-9-7-6-8-16)15-13(18)20-14(3,4)5/h10-11,16H,6-9H2,1-5H3,(H,15,18). The van der Waals surface area contributed by atoms with Gasteiger partial charge in [0.1, 0.15) is 11.6 Å². The minimum atomic E-state index is -0.737. The third-order valence-electron chi connectivity index (χ3n) is 2.39. The molecule has 0 saturated carbocycles. The Morgan fingerprint density at radius 3 is 2.25 bits per heavy atom. The Kier molecular flexibility index (Phi) is 8.22. The zero-order chi connectivity index (χ0) is 15.8. The second-order valence-corrected chi connectivity index (χ2v) is 5.97. The number of amides is 1. The van der Waals surface area contributed by atoms with E-state index in [1.165, 1.54) is 0 Å². The highest BCUT2D eigenvalue weighted by molar-refractivity contribution is 5.81. The Labute approximate surface area is 120 Å². The molecule has 0 heterocycles. The summed E-state index contributed by atoms with van der Waals surface area (Å²) in [6.07, 6.45) is 0.544. The lowest BCUT2D eigenvalue weighted by atomic mass is 10.1. The Morgan fingerprint density at radius 2 is 1.80 bits per heavy atom. The summed E-state index contributed by atoms with van der Waals surface area (Å²) in [5, 5.41) is 11.2. The van der Waals surface area contributed by atoms with Crippen LogP contribution in [0.4, 0.5) is 4.79 Å². The number of hydrogen-bond donors (Lipinski definition) is 2. The zero-order valence-corrected chi connectivity index (χ0v) is 13.1. The first kappa shape index (κ1) is 18.7. The largest absolute Gasteiger partial charge is 0.464 e. The van der Waals surface area contributed by atoms with E-state index in [4.69, 9.17) is 14.6 Å². The molecule has 20 heavy (non-hydrogen) atoms. The maximum Gasteiger partial charge on any atom is 0.408 e. The van der Waals surface area contributed by atoms with Gasteiger partial charge >= 0.3 is 12.1 Å². The maximum absolute atomic E-state index is 11.9. The molecule has 0 aromatic rings. The predicted molar refractivity (Wildman–Crippen MR) is 75.3 cm³/mol. The topological polar surface area (TPSA) is 84.9 Å². The first-order valence-electron chi connectivity index (χ1n) is 6.94. The van der Waals surface area contributed by atoms with Crippen molar-refractivity contribution in [3.63, 3.8) is 0 Å². The van der Waals surface area contributed by atoms with Crippen LogP contribution in [-0.2, 0) is 14.3 Å². The van der Waals surface area contributed by atoms with Crippen LogP contribution in [0.15, 0.2) is 0 Å². The Bertz CT molecular complexity index is 309. The van der Waals surface area contributed by atoms with Crippen LogP contribution in [0.5, 0.6) is 0 Å². The van der Waals surface area contributed by atoms with Gasteiger partial charge in [-0.05, 0) is 39.5 Å². The van der Waals surface area contributed by atoms with Crippen LogP contribution in [0.1, 0.15) is 47.5 Å². The van der Waals surface area contributed by atoms with E-state index in [1.54, 1.807) is 20.8 Å². The number of aliphatic hydroxyl groups is 1. The van der Waals surface area contributed by atoms with Gasteiger partial charge in [-0.3, -0.25) is 0 Å². The molecule has 0 aromatic heterocycles. The van der Waals surface area contributed by atoms with E-state index in [2.05, 4.69) is 5.32 Å². The van der Waals surface area contributed by atoms with E-state index in [0.717, 1.165) is 0 Å². The minimum Gasteiger partial charge on any atom is -0.464 e. The lowest BCUT2D eigenvalue weighted by molar-refractivity contribution is -0.147. The molecule has 0 fully saturated rings. The highest BCUT2D eigenvalue weighted by atomic mass is 16.6. The van der Waals surface area contributed by atoms with Crippen molar-refractivity contribution in [1.29, 1.82) is 0 Å². The van der Waals surface area contributed by atoms with Gasteiger partial charge in [-0.15, -0.1) is 0 Å². The van der Waals surface area contributed by atoms with Crippen molar-refractivity contribution >= 4 is 12.1 Å². The van der Waals surface area contributed by atoms with Crippen molar-refractivity contribution in [3.8, 4) is 0 Å². The molecule has 0 spiro atoms. The van der Waals surface area contributed by atoms with E-state index in [1.807, 2.05) is 13.8 Å². The molecule has 0 aliphatic heterocycles. The summed E-state index contributed by atoms with van der Waals surface area (Å²) in [5.74, 6) is -0.586. The van der Waals surface area contributed by atoms with Gasteiger partial charge in [0.15, 0.2) is 0 Å². The van der Waals surface area contributed by atoms with Gasteiger partial charge in [0.25, 0.3) is 0 Å². The fraction of sp³-hybridized carbons (Fsp3) is 0.857. The van der Waals surface area contributed by atoms with Crippen LogP contribution in [0.3, 0.4) is 0 Å². The third kappa shape index (κ3) is 8.74. The molecule has 1 atom stereocenters. The summed E-state index contributed by atoms with van der Waals surface area (Å²) in [5.41, 5.74) is -0.614. The fourth-order valence-electron chi connectivity index (χ4n) is 1.41. The smallest absolute Gasteiger partial charge is 0.408 e. The quantitative estimate of drug-likeness (QED) is 0.552. The summed E-state index contributed by atoms with van der Waals surface area (Å²) in [6, 6.07) is -0.737. The first-order chi connectivity index (χ1) is 9.17. The number of aliphatic hydroxyl groups excluding tert-OH is 1. The molecular formula is C14H27NO5. The fourth-order valence-corrected chi connectivity index (χ4v) is 1.41. The first-order valence-corrected chi connectivity index (χ1v) is 6.94. The number of carbonyl (C=O) groups is 2. The van der Waals surface area contributed by atoms with E-state index < -0.39 is 23.7 Å². The van der Waals surface area contributed by atoms with Crippen LogP contribution >= 0.6 is 0 Å². The maximum atomic E-state index is 11.9. The number of nitrogens with one attached hydrogen (secondary N) is 1. The van der Waals surface area contributed by atoms with Crippen molar-refractivity contribution < 1.29 is 24.2 Å². The highest BCUT2D eigenvalue weighted by Crippen LogP contribution is 2.09. The number of esters is 1. The van der Waals surface area contributed by atoms with Gasteiger partial charge in [-0.2, -0.15) is 0 Å². The molecule has 1 amide bonds. The van der Waals surface area contributed by atoms with Crippen molar-refractivity contribution in [1.82, 2.24) is 5.32 Å². The van der Waals surface area contributed by atoms with Crippen molar-refractivity contribution in [3.05, 3.63) is 0 Å². The van der Waals surface area contributed by atoms with E-state index in [-0.39, 0.29) is 19.1 Å². The van der Waals surface area contributed by atoms with Gasteiger partial charge in [-0.25, -0.2) is 9.59 Å². The Balaban J connectivity index is 4.35. The van der Waals surface area contributed by atoms with Crippen LogP contribution in [0.25, 0.3) is 0 Å². The molecule has 6 heteroatoms. The molecule has 118 valence electrons. The lowest BCUT2D eigenvalue weighted by Crippen LogP contribution is -2.47. The van der Waals surface area contributed by atoms with Crippen LogP contribution in [0.2, 0.25) is 0 Å². The molecule has 6 nitrogen and oxygen atoms in total. The zero-order valence-electron chi connectivity index (χ0n) is 13.1. The van der Waals surface area contributed by atoms with Crippen molar-refractivity contribution in [2.45, 2.75) is 59.1 Å². The number of carbonyl (C=O) groups excluding carboxylic acids is 2. The van der Waals surface area contributed by atoms with Crippen LogP contribution in [0, 0.1) is 5.92 Å². The molecule has 0 aromatic carbocycles. The summed E-state index contributed by atoms with van der Waals surface area (Å²) >= 11 is 0. The summed E-state index contributed by atoms with van der Waals surface area (Å²) in [7, 11) is 0. The van der Waals surface area contributed by atoms with Gasteiger partial charge in [0, 0.05) is 6.61 Å². The normalized spacial score (nSPS) is 12.9. The average molecular weight is 289 g/mol.